The van der Waals surface area contributed by atoms with Crippen molar-refractivity contribution in [2.45, 2.75) is 13.0 Å². The maximum absolute atomic E-state index is 12.0. The van der Waals surface area contributed by atoms with Crippen molar-refractivity contribution in [2.24, 2.45) is 5.92 Å². The first-order valence-corrected chi connectivity index (χ1v) is 6.40. The van der Waals surface area contributed by atoms with Gasteiger partial charge in [-0.15, -0.1) is 0 Å². The van der Waals surface area contributed by atoms with Gasteiger partial charge in [-0.2, -0.15) is 0 Å². The average Bonchev–Trinajstić information content (AvgIpc) is 2.76. The molecule has 0 spiro atoms. The number of carbonyl (C=O) groups excluding carboxylic acids is 1. The highest BCUT2D eigenvalue weighted by Gasteiger charge is 2.29. The fraction of sp³-hybridized carbons (Fsp3) is 0.400. The van der Waals surface area contributed by atoms with Gasteiger partial charge in [0.25, 0.3) is 0 Å². The van der Waals surface area contributed by atoms with Crippen molar-refractivity contribution in [2.75, 3.05) is 20.2 Å². The molecule has 1 aromatic rings. The Morgan fingerprint density at radius 2 is 2.16 bits per heavy atom. The Bertz CT molecular complexity index is 474. The molecule has 19 heavy (non-hydrogen) atoms. The minimum atomic E-state index is -0.413. The summed E-state index contributed by atoms with van der Waals surface area (Å²) in [5, 5.41) is 9.65. The van der Waals surface area contributed by atoms with Gasteiger partial charge in [0.1, 0.15) is 5.75 Å². The van der Waals surface area contributed by atoms with E-state index in [1.165, 1.54) is 6.08 Å². The second-order valence-corrected chi connectivity index (χ2v) is 4.86. The van der Waals surface area contributed by atoms with Crippen LogP contribution in [0.3, 0.4) is 0 Å². The third-order valence-corrected chi connectivity index (χ3v) is 3.43. The SMILES string of the molecule is COc1ccccc1/C=C/C(=O)N1CC(C)C(O)C1. The summed E-state index contributed by atoms with van der Waals surface area (Å²) in [6.45, 7) is 2.97. The van der Waals surface area contributed by atoms with Crippen LogP contribution in [-0.2, 0) is 4.79 Å². The van der Waals surface area contributed by atoms with Gasteiger partial charge in [0.15, 0.2) is 0 Å². The van der Waals surface area contributed by atoms with E-state index in [1.807, 2.05) is 31.2 Å². The molecular weight excluding hydrogens is 242 g/mol. The summed E-state index contributed by atoms with van der Waals surface area (Å²) < 4.78 is 5.22. The summed E-state index contributed by atoms with van der Waals surface area (Å²) >= 11 is 0. The van der Waals surface area contributed by atoms with E-state index in [4.69, 9.17) is 4.74 Å². The highest BCUT2D eigenvalue weighted by atomic mass is 16.5. The van der Waals surface area contributed by atoms with Crippen LogP contribution in [0.4, 0.5) is 0 Å². The average molecular weight is 261 g/mol. The number of amides is 1. The topological polar surface area (TPSA) is 49.8 Å². The molecule has 102 valence electrons. The van der Waals surface area contributed by atoms with Gasteiger partial charge >= 0.3 is 0 Å². The maximum Gasteiger partial charge on any atom is 0.246 e. The molecule has 1 saturated heterocycles. The zero-order chi connectivity index (χ0) is 13.8. The summed E-state index contributed by atoms with van der Waals surface area (Å²) in [5.74, 6) is 0.805. The number of nitrogens with zero attached hydrogens (tertiary/aromatic N) is 1. The number of carbonyl (C=O) groups is 1. The van der Waals surface area contributed by atoms with Crippen LogP contribution in [0.25, 0.3) is 6.08 Å². The zero-order valence-electron chi connectivity index (χ0n) is 11.2. The fourth-order valence-corrected chi connectivity index (χ4v) is 2.20. The Morgan fingerprint density at radius 3 is 2.79 bits per heavy atom. The molecule has 1 fully saturated rings. The number of methoxy groups -OCH3 is 1. The number of benzene rings is 1. The number of hydrogen-bond acceptors (Lipinski definition) is 3. The Morgan fingerprint density at radius 1 is 1.42 bits per heavy atom. The highest BCUT2D eigenvalue weighted by molar-refractivity contribution is 5.92. The van der Waals surface area contributed by atoms with Crippen molar-refractivity contribution in [1.29, 1.82) is 0 Å². The number of likely N-dealkylation sites (tertiary alicyclic amines) is 1. The predicted molar refractivity (Wildman–Crippen MR) is 73.8 cm³/mol. The molecule has 2 atom stereocenters. The summed E-state index contributed by atoms with van der Waals surface area (Å²) in [4.78, 5) is 13.7. The molecule has 0 bridgehead atoms. The lowest BCUT2D eigenvalue weighted by molar-refractivity contribution is -0.125. The van der Waals surface area contributed by atoms with Crippen molar-refractivity contribution in [3.05, 3.63) is 35.9 Å². The van der Waals surface area contributed by atoms with Gasteiger partial charge in [0.2, 0.25) is 5.91 Å². The smallest absolute Gasteiger partial charge is 0.246 e. The van der Waals surface area contributed by atoms with E-state index in [0.717, 1.165) is 11.3 Å². The van der Waals surface area contributed by atoms with E-state index >= 15 is 0 Å². The monoisotopic (exact) mass is 261 g/mol. The van der Waals surface area contributed by atoms with Crippen LogP contribution in [0.15, 0.2) is 30.3 Å². The molecule has 2 unspecified atom stereocenters. The van der Waals surface area contributed by atoms with E-state index < -0.39 is 6.10 Å². The first-order chi connectivity index (χ1) is 9.11. The van der Waals surface area contributed by atoms with Crippen molar-refractivity contribution in [3.8, 4) is 5.75 Å². The molecule has 1 N–H and O–H groups in total. The van der Waals surface area contributed by atoms with Crippen molar-refractivity contribution < 1.29 is 14.6 Å². The number of rotatable bonds is 3. The number of ether oxygens (including phenoxy) is 1. The molecule has 0 aromatic heterocycles. The van der Waals surface area contributed by atoms with Gasteiger partial charge < -0.3 is 14.7 Å². The number of para-hydroxylation sites is 1. The Labute approximate surface area is 113 Å². The zero-order valence-corrected chi connectivity index (χ0v) is 11.2. The third-order valence-electron chi connectivity index (χ3n) is 3.43. The van der Waals surface area contributed by atoms with Crippen LogP contribution in [0.5, 0.6) is 5.75 Å². The quantitative estimate of drug-likeness (QED) is 0.840. The van der Waals surface area contributed by atoms with Gasteiger partial charge in [0.05, 0.1) is 13.2 Å². The van der Waals surface area contributed by atoms with E-state index in [0.29, 0.717) is 13.1 Å². The summed E-state index contributed by atoms with van der Waals surface area (Å²) in [6.07, 6.45) is 2.86. The van der Waals surface area contributed by atoms with Gasteiger partial charge in [-0.1, -0.05) is 25.1 Å². The van der Waals surface area contributed by atoms with E-state index in [-0.39, 0.29) is 11.8 Å². The molecule has 0 saturated carbocycles. The normalized spacial score (nSPS) is 23.0. The van der Waals surface area contributed by atoms with Crippen LogP contribution in [0.2, 0.25) is 0 Å². The minimum absolute atomic E-state index is 0.0747. The molecular formula is C15H19NO3. The van der Waals surface area contributed by atoms with Gasteiger partial charge in [-0.05, 0) is 12.1 Å². The van der Waals surface area contributed by atoms with Crippen LogP contribution in [0.1, 0.15) is 12.5 Å². The Hall–Kier alpha value is -1.81. The van der Waals surface area contributed by atoms with Crippen LogP contribution in [-0.4, -0.2) is 42.2 Å². The predicted octanol–water partition coefficient (Wildman–Crippen LogP) is 1.55. The lowest BCUT2D eigenvalue weighted by Gasteiger charge is -2.12. The third kappa shape index (κ3) is 3.15. The van der Waals surface area contributed by atoms with Crippen LogP contribution >= 0.6 is 0 Å². The Balaban J connectivity index is 2.04. The molecule has 4 heteroatoms. The lowest BCUT2D eigenvalue weighted by atomic mass is 10.1. The fourth-order valence-electron chi connectivity index (χ4n) is 2.20. The molecule has 2 rings (SSSR count). The van der Waals surface area contributed by atoms with E-state index in [2.05, 4.69) is 0 Å². The minimum Gasteiger partial charge on any atom is -0.496 e. The van der Waals surface area contributed by atoms with E-state index in [1.54, 1.807) is 18.1 Å². The van der Waals surface area contributed by atoms with Gasteiger partial charge in [0, 0.05) is 30.6 Å². The number of aliphatic hydroxyl groups is 1. The number of hydrogen-bond donors (Lipinski definition) is 1. The number of β-amino-alcohol motifs (C(OH)–C–C–N with tert-alkyl or cyclic N) is 1. The summed E-state index contributed by atoms with van der Waals surface area (Å²) in [7, 11) is 1.60. The van der Waals surface area contributed by atoms with Gasteiger partial charge in [-0.25, -0.2) is 0 Å². The first kappa shape index (κ1) is 13.6. The lowest BCUT2D eigenvalue weighted by Crippen LogP contribution is -2.27. The molecule has 1 aliphatic heterocycles. The largest absolute Gasteiger partial charge is 0.496 e. The van der Waals surface area contributed by atoms with E-state index in [9.17, 15) is 9.90 Å². The molecule has 0 aliphatic carbocycles. The van der Waals surface area contributed by atoms with Crippen molar-refractivity contribution in [1.82, 2.24) is 4.90 Å². The highest BCUT2D eigenvalue weighted by Crippen LogP contribution is 2.20. The van der Waals surface area contributed by atoms with Crippen LogP contribution in [0, 0.1) is 5.92 Å². The summed E-state index contributed by atoms with van der Waals surface area (Å²) in [5.41, 5.74) is 0.867. The molecule has 1 aliphatic rings. The molecule has 1 aromatic carbocycles. The molecule has 4 nitrogen and oxygen atoms in total. The number of aliphatic hydroxyl groups excluding tert-OH is 1. The standard InChI is InChI=1S/C15H19NO3/c1-11-9-16(10-13(11)17)15(18)8-7-12-5-3-4-6-14(12)19-2/h3-8,11,13,17H,9-10H2,1-2H3/b8-7+. The molecule has 1 amide bonds. The molecule has 0 radical (unpaired) electrons. The second kappa shape index (κ2) is 5.89. The first-order valence-electron chi connectivity index (χ1n) is 6.40. The van der Waals surface area contributed by atoms with Gasteiger partial charge in [-0.3, -0.25) is 4.79 Å². The molecule has 1 heterocycles. The van der Waals surface area contributed by atoms with Crippen molar-refractivity contribution in [3.63, 3.8) is 0 Å². The Kier molecular flexibility index (Phi) is 4.22. The second-order valence-electron chi connectivity index (χ2n) is 4.86. The maximum atomic E-state index is 12.0. The van der Waals surface area contributed by atoms with Crippen molar-refractivity contribution >= 4 is 12.0 Å². The summed E-state index contributed by atoms with van der Waals surface area (Å²) in [6, 6.07) is 7.53. The van der Waals surface area contributed by atoms with Crippen LogP contribution < -0.4 is 4.74 Å².